The van der Waals surface area contributed by atoms with E-state index < -0.39 is 0 Å². The summed E-state index contributed by atoms with van der Waals surface area (Å²) in [6, 6.07) is 111. The Kier molecular flexibility index (Phi) is 18.6. The molecule has 108 heavy (non-hydrogen) atoms. The Morgan fingerprint density at radius 1 is 0.157 bits per heavy atom. The highest BCUT2D eigenvalue weighted by Crippen LogP contribution is 2.55. The monoisotopic (exact) mass is 1400 g/mol. The molecule has 0 bridgehead atoms. The number of hydrogen-bond acceptors (Lipinski definition) is 0. The summed E-state index contributed by atoms with van der Waals surface area (Å²) in [5, 5.41) is 0. The van der Waals surface area contributed by atoms with Crippen LogP contribution < -0.4 is 0 Å². The molecular formula is C108H104. The van der Waals surface area contributed by atoms with Gasteiger partial charge in [-0.2, -0.15) is 0 Å². The third-order valence-corrected chi connectivity index (χ3v) is 25.0. The standard InChI is InChI=1S/2C22H20.4C16H16/c1-15-8-10-16(11-9-15)17-12-13-19-18-6-4-5-7-20(18)22(2,3)21(19)14-17;1-15-9-11-18-19-12-10-17(16-7-5-4-6-8-16)14-21(19)22(2,3)20(18)13-15;1-11-7-6-9-13-12-8-4-5-10-14(12)16(2,3)15(11)13;1-11-7-6-10-14-15(11)12-8-4-5-9-13(12)16(14,2)3;1-11-8-9-15-13(10-11)12-6-4-5-7-14(12)16(15,2)3;1-11-8-9-13-12-6-4-5-7-14(12)16(2,3)15(13)10-11/h2*4-14H,1-3H3;4*4-10H,1-3H3. The molecule has 14 aromatic carbocycles. The lowest BCUT2D eigenvalue weighted by atomic mass is 9.80. The van der Waals surface area contributed by atoms with Gasteiger partial charge in [-0.15, -0.1) is 0 Å². The van der Waals surface area contributed by atoms with Gasteiger partial charge in [0.1, 0.15) is 0 Å². The summed E-state index contributed by atoms with van der Waals surface area (Å²) in [6.45, 7) is 40.9. The van der Waals surface area contributed by atoms with E-state index in [9.17, 15) is 0 Å². The fourth-order valence-corrected chi connectivity index (χ4v) is 19.0. The minimum absolute atomic E-state index is 0.0709. The molecule has 0 heteroatoms. The Morgan fingerprint density at radius 2 is 0.444 bits per heavy atom. The Hall–Kier alpha value is -10.9. The fraction of sp³-hybridized carbons (Fsp3) is 0.222. The van der Waals surface area contributed by atoms with Gasteiger partial charge in [0.15, 0.2) is 0 Å². The van der Waals surface area contributed by atoms with Gasteiger partial charge in [-0.1, -0.05) is 397 Å². The zero-order chi connectivity index (χ0) is 76.0. The average Bonchev–Trinajstić information content (AvgIpc) is 1.63. The van der Waals surface area contributed by atoms with E-state index in [0.29, 0.717) is 0 Å². The van der Waals surface area contributed by atoms with Gasteiger partial charge in [0.25, 0.3) is 0 Å². The van der Waals surface area contributed by atoms with Crippen molar-refractivity contribution in [2.75, 3.05) is 0 Å². The molecule has 0 saturated heterocycles. The normalized spacial score (nSPS) is 15.2. The maximum Gasteiger partial charge on any atom is 0.0161 e. The van der Waals surface area contributed by atoms with E-state index in [2.05, 4.69) is 428 Å². The van der Waals surface area contributed by atoms with Crippen LogP contribution in [0.2, 0.25) is 0 Å². The number of benzene rings is 14. The van der Waals surface area contributed by atoms with Crippen LogP contribution in [-0.2, 0) is 32.5 Å². The van der Waals surface area contributed by atoms with Gasteiger partial charge in [-0.25, -0.2) is 0 Å². The quantitative estimate of drug-likeness (QED) is 0.162. The van der Waals surface area contributed by atoms with Crippen molar-refractivity contribution < 1.29 is 0 Å². The van der Waals surface area contributed by atoms with Crippen molar-refractivity contribution in [1.29, 1.82) is 0 Å². The van der Waals surface area contributed by atoms with Crippen molar-refractivity contribution in [2.45, 2.75) is 157 Å². The van der Waals surface area contributed by atoms with Crippen LogP contribution in [0.4, 0.5) is 0 Å². The van der Waals surface area contributed by atoms with Crippen LogP contribution in [-0.4, -0.2) is 0 Å². The predicted molar refractivity (Wildman–Crippen MR) is 463 cm³/mol. The molecule has 536 valence electrons. The molecule has 0 saturated carbocycles. The third kappa shape index (κ3) is 12.5. The number of aryl methyl sites for hydroxylation is 6. The van der Waals surface area contributed by atoms with Gasteiger partial charge < -0.3 is 0 Å². The van der Waals surface area contributed by atoms with E-state index >= 15 is 0 Å². The summed E-state index contributed by atoms with van der Waals surface area (Å²) in [5.74, 6) is 0. The third-order valence-electron chi connectivity index (χ3n) is 25.0. The van der Waals surface area contributed by atoms with Crippen LogP contribution in [0.5, 0.6) is 0 Å². The zero-order valence-electron chi connectivity index (χ0n) is 66.9. The molecule has 0 atom stereocenters. The molecule has 6 aliphatic rings. The largest absolute Gasteiger partial charge is 0.0622 e. The minimum Gasteiger partial charge on any atom is -0.0622 e. The molecule has 0 amide bonds. The van der Waals surface area contributed by atoms with Crippen molar-refractivity contribution >= 4 is 0 Å². The van der Waals surface area contributed by atoms with E-state index in [4.69, 9.17) is 0 Å². The lowest BCUT2D eigenvalue weighted by Crippen LogP contribution is -2.16. The summed E-state index contributed by atoms with van der Waals surface area (Å²) in [7, 11) is 0. The summed E-state index contributed by atoms with van der Waals surface area (Å²) in [6.07, 6.45) is 0. The second-order valence-electron chi connectivity index (χ2n) is 34.4. The molecule has 14 aromatic rings. The Bertz CT molecular complexity index is 5780. The first-order valence-electron chi connectivity index (χ1n) is 39.0. The molecule has 0 radical (unpaired) electrons. The second-order valence-corrected chi connectivity index (χ2v) is 34.4. The van der Waals surface area contributed by atoms with E-state index in [1.54, 1.807) is 0 Å². The molecule has 0 N–H and O–H groups in total. The Morgan fingerprint density at radius 3 is 0.944 bits per heavy atom. The van der Waals surface area contributed by atoms with E-state index in [-0.39, 0.29) is 32.5 Å². The predicted octanol–water partition coefficient (Wildman–Crippen LogP) is 29.1. The highest BCUT2D eigenvalue weighted by Gasteiger charge is 2.41. The van der Waals surface area contributed by atoms with Crippen LogP contribution in [0.15, 0.2) is 303 Å². The van der Waals surface area contributed by atoms with Crippen LogP contribution in [0.3, 0.4) is 0 Å². The van der Waals surface area contributed by atoms with Gasteiger partial charge in [-0.05, 0) is 221 Å². The van der Waals surface area contributed by atoms with Gasteiger partial charge in [-0.3, -0.25) is 0 Å². The molecule has 0 nitrogen and oxygen atoms in total. The minimum atomic E-state index is 0.0709. The Balaban J connectivity index is 0.000000104. The van der Waals surface area contributed by atoms with Crippen molar-refractivity contribution in [3.8, 4) is 89.0 Å². The summed E-state index contributed by atoms with van der Waals surface area (Å²) < 4.78 is 0. The lowest BCUT2D eigenvalue weighted by Gasteiger charge is -2.23. The Labute approximate surface area is 645 Å². The first-order chi connectivity index (χ1) is 51.6. The molecular weight excluding hydrogens is 1300 g/mol. The van der Waals surface area contributed by atoms with Crippen LogP contribution in [0.25, 0.3) is 89.0 Å². The van der Waals surface area contributed by atoms with Gasteiger partial charge in [0, 0.05) is 32.5 Å². The van der Waals surface area contributed by atoms with E-state index in [1.807, 2.05) is 0 Å². The van der Waals surface area contributed by atoms with Gasteiger partial charge >= 0.3 is 0 Å². The van der Waals surface area contributed by atoms with Crippen molar-refractivity contribution in [1.82, 2.24) is 0 Å². The number of fused-ring (bicyclic) bond motifs is 18. The lowest BCUT2D eigenvalue weighted by molar-refractivity contribution is 0.655. The highest BCUT2D eigenvalue weighted by atomic mass is 14.4. The molecule has 0 aromatic heterocycles. The SMILES string of the molecule is Cc1ccc(-c2ccc3c(c2)C(C)(C)c2ccccc2-3)cc1.Cc1ccc2c(c1)-c1ccccc1C2(C)C.Cc1ccc2c(c1)C(C)(C)c1cc(-c3ccccc3)ccc1-2.Cc1ccc2c(c1)C(C)(C)c1ccccc1-2.Cc1cccc2c1-c1ccccc1C2(C)C.Cc1cccc2c1C(C)(C)c1ccccc1-2. The van der Waals surface area contributed by atoms with Crippen LogP contribution in [0.1, 0.15) is 183 Å². The summed E-state index contributed by atoms with van der Waals surface area (Å²) in [5.41, 5.74) is 48.4. The maximum atomic E-state index is 2.38. The van der Waals surface area contributed by atoms with Crippen molar-refractivity contribution in [3.05, 3.63) is 403 Å². The van der Waals surface area contributed by atoms with E-state index in [0.717, 1.165) is 0 Å². The molecule has 0 spiro atoms. The van der Waals surface area contributed by atoms with Crippen molar-refractivity contribution in [2.24, 2.45) is 0 Å². The molecule has 0 fully saturated rings. The van der Waals surface area contributed by atoms with Crippen LogP contribution >= 0.6 is 0 Å². The zero-order valence-corrected chi connectivity index (χ0v) is 66.9. The van der Waals surface area contributed by atoms with Gasteiger partial charge in [0.2, 0.25) is 0 Å². The second kappa shape index (κ2) is 27.7. The molecule has 0 unspecified atom stereocenters. The van der Waals surface area contributed by atoms with Gasteiger partial charge in [0.05, 0.1) is 0 Å². The van der Waals surface area contributed by atoms with E-state index in [1.165, 1.54) is 189 Å². The highest BCUT2D eigenvalue weighted by molar-refractivity contribution is 5.88. The molecule has 20 rings (SSSR count). The van der Waals surface area contributed by atoms with Crippen molar-refractivity contribution in [3.63, 3.8) is 0 Å². The first-order valence-corrected chi connectivity index (χ1v) is 39.0. The first kappa shape index (κ1) is 72.6. The van der Waals surface area contributed by atoms with Crippen LogP contribution in [0, 0.1) is 41.5 Å². The summed E-state index contributed by atoms with van der Waals surface area (Å²) >= 11 is 0. The summed E-state index contributed by atoms with van der Waals surface area (Å²) in [4.78, 5) is 0. The average molecular weight is 1400 g/mol. The molecule has 0 heterocycles. The number of rotatable bonds is 2. The number of hydrogen-bond donors (Lipinski definition) is 0. The topological polar surface area (TPSA) is 0 Å². The molecule has 0 aliphatic heterocycles. The smallest absolute Gasteiger partial charge is 0.0161 e. The maximum absolute atomic E-state index is 2.38. The fourth-order valence-electron chi connectivity index (χ4n) is 19.0. The molecule has 6 aliphatic carbocycles.